The molecule has 0 unspecified atom stereocenters. The van der Waals surface area contributed by atoms with Crippen molar-refractivity contribution in [1.82, 2.24) is 9.29 Å². The Morgan fingerprint density at radius 3 is 2.77 bits per heavy atom. The van der Waals surface area contributed by atoms with E-state index in [0.717, 1.165) is 36.5 Å². The van der Waals surface area contributed by atoms with Crippen LogP contribution in [0.25, 0.3) is 0 Å². The van der Waals surface area contributed by atoms with E-state index in [0.29, 0.717) is 26.2 Å². The van der Waals surface area contributed by atoms with E-state index in [9.17, 15) is 8.42 Å². The number of fused-ring (bicyclic) bond motifs is 1. The first-order valence-corrected chi connectivity index (χ1v) is 9.22. The molecule has 1 aliphatic carbocycles. The molecular formula is C15H23N3O3S. The third kappa shape index (κ3) is 3.11. The third-order valence-corrected chi connectivity index (χ3v) is 6.58. The number of ether oxygens (including phenoxy) is 1. The van der Waals surface area contributed by atoms with Gasteiger partial charge >= 0.3 is 0 Å². The van der Waals surface area contributed by atoms with E-state index in [1.165, 1.54) is 0 Å². The van der Waals surface area contributed by atoms with Crippen molar-refractivity contribution < 1.29 is 13.2 Å². The summed E-state index contributed by atoms with van der Waals surface area (Å²) in [6.07, 6.45) is 1.59. The van der Waals surface area contributed by atoms with Gasteiger partial charge in [-0.05, 0) is 25.8 Å². The zero-order valence-corrected chi connectivity index (χ0v) is 14.0. The number of nitrogens with zero attached hydrogens (tertiary/aromatic N) is 3. The second-order valence-electron chi connectivity index (χ2n) is 5.99. The summed E-state index contributed by atoms with van der Waals surface area (Å²) in [4.78, 5) is 6.77. The average Bonchev–Trinajstić information content (AvgIpc) is 3.32. The lowest BCUT2D eigenvalue weighted by atomic mass is 10.2. The smallest absolute Gasteiger partial charge is 0.217 e. The number of aryl methyl sites for hydroxylation is 1. The molecule has 2 aliphatic rings. The monoisotopic (exact) mass is 325 g/mol. The fourth-order valence-electron chi connectivity index (χ4n) is 2.79. The second kappa shape index (κ2) is 6.14. The summed E-state index contributed by atoms with van der Waals surface area (Å²) in [7, 11) is -1.49. The van der Waals surface area contributed by atoms with Crippen LogP contribution in [-0.2, 0) is 21.3 Å². The number of rotatable bonds is 5. The Labute approximate surface area is 132 Å². The quantitative estimate of drug-likeness (QED) is 0.813. The minimum Gasteiger partial charge on any atom is -0.383 e. The van der Waals surface area contributed by atoms with Gasteiger partial charge in [-0.15, -0.1) is 0 Å². The fraction of sp³-hybridized carbons (Fsp3) is 0.667. The number of hydrogen-bond acceptors (Lipinski definition) is 5. The molecule has 0 bridgehead atoms. The Bertz CT molecular complexity index is 643. The van der Waals surface area contributed by atoms with E-state index in [1.807, 2.05) is 19.1 Å². The Hall–Kier alpha value is -1.18. The van der Waals surface area contributed by atoms with E-state index in [1.54, 1.807) is 11.4 Å². The number of methoxy groups -OCH3 is 1. The molecule has 6 nitrogen and oxygen atoms in total. The molecule has 0 radical (unpaired) electrons. The Balaban J connectivity index is 1.90. The molecule has 0 aromatic carbocycles. The highest BCUT2D eigenvalue weighted by Gasteiger charge is 2.41. The molecule has 0 atom stereocenters. The molecular weight excluding hydrogens is 302 g/mol. The highest BCUT2D eigenvalue weighted by atomic mass is 32.2. The van der Waals surface area contributed by atoms with E-state index >= 15 is 0 Å². The van der Waals surface area contributed by atoms with Gasteiger partial charge in [-0.3, -0.25) is 0 Å². The van der Waals surface area contributed by atoms with Crippen molar-refractivity contribution in [2.45, 2.75) is 31.6 Å². The number of hydrogen-bond donors (Lipinski definition) is 0. The fourth-order valence-corrected chi connectivity index (χ4v) is 4.60. The third-order valence-electron chi connectivity index (χ3n) is 4.23. The van der Waals surface area contributed by atoms with Gasteiger partial charge in [0.25, 0.3) is 0 Å². The standard InChI is InChI=1S/C15H23N3O3S/c1-12-3-4-13-11-18(22(19,20)14-5-6-14)8-7-17(9-10-21-2)15(13)16-12/h3-4,14H,5-11H2,1-2H3. The number of pyridine rings is 1. The molecule has 0 amide bonds. The summed E-state index contributed by atoms with van der Waals surface area (Å²) in [5, 5.41) is -0.167. The Kier molecular flexibility index (Phi) is 4.38. The summed E-state index contributed by atoms with van der Waals surface area (Å²) in [6.45, 7) is 4.86. The molecule has 0 N–H and O–H groups in total. The maximum atomic E-state index is 12.6. The molecule has 1 saturated carbocycles. The molecule has 2 heterocycles. The van der Waals surface area contributed by atoms with Gasteiger partial charge in [0.15, 0.2) is 0 Å². The molecule has 1 fully saturated rings. The van der Waals surface area contributed by atoms with Crippen molar-refractivity contribution in [3.05, 3.63) is 23.4 Å². The van der Waals surface area contributed by atoms with Crippen LogP contribution in [0, 0.1) is 6.92 Å². The molecule has 1 aliphatic heterocycles. The van der Waals surface area contributed by atoms with Crippen molar-refractivity contribution >= 4 is 15.8 Å². The predicted molar refractivity (Wildman–Crippen MR) is 85.4 cm³/mol. The van der Waals surface area contributed by atoms with Crippen LogP contribution in [0.5, 0.6) is 0 Å². The topological polar surface area (TPSA) is 62.7 Å². The first kappa shape index (κ1) is 15.7. The summed E-state index contributed by atoms with van der Waals surface area (Å²) < 4.78 is 31.9. The van der Waals surface area contributed by atoms with Crippen molar-refractivity contribution in [1.29, 1.82) is 0 Å². The van der Waals surface area contributed by atoms with Crippen LogP contribution in [-0.4, -0.2) is 56.3 Å². The first-order chi connectivity index (χ1) is 10.5. The second-order valence-corrected chi connectivity index (χ2v) is 8.21. The minimum absolute atomic E-state index is 0.167. The SMILES string of the molecule is COCCN1CCN(S(=O)(=O)C2CC2)Cc2ccc(C)nc21. The largest absolute Gasteiger partial charge is 0.383 e. The molecule has 0 spiro atoms. The van der Waals surface area contributed by atoms with Crippen molar-refractivity contribution in [3.63, 3.8) is 0 Å². The predicted octanol–water partition coefficient (Wildman–Crippen LogP) is 1.15. The maximum Gasteiger partial charge on any atom is 0.217 e. The summed E-state index contributed by atoms with van der Waals surface area (Å²) in [6, 6.07) is 3.94. The lowest BCUT2D eigenvalue weighted by Crippen LogP contribution is -2.38. The number of anilines is 1. The van der Waals surface area contributed by atoms with Crippen LogP contribution < -0.4 is 4.90 Å². The van der Waals surface area contributed by atoms with Crippen LogP contribution in [0.3, 0.4) is 0 Å². The van der Waals surface area contributed by atoms with Gasteiger partial charge in [0.2, 0.25) is 10.0 Å². The van der Waals surface area contributed by atoms with Crippen LogP contribution in [0.1, 0.15) is 24.1 Å². The summed E-state index contributed by atoms with van der Waals surface area (Å²) in [5.74, 6) is 0.894. The van der Waals surface area contributed by atoms with Crippen LogP contribution >= 0.6 is 0 Å². The summed E-state index contributed by atoms with van der Waals surface area (Å²) in [5.41, 5.74) is 1.92. The highest BCUT2D eigenvalue weighted by Crippen LogP contribution is 2.33. The number of sulfonamides is 1. The van der Waals surface area contributed by atoms with Gasteiger partial charge in [-0.1, -0.05) is 6.07 Å². The van der Waals surface area contributed by atoms with Crippen LogP contribution in [0.4, 0.5) is 5.82 Å². The van der Waals surface area contributed by atoms with Gasteiger partial charge < -0.3 is 9.64 Å². The van der Waals surface area contributed by atoms with Crippen molar-refractivity contribution in [2.75, 3.05) is 38.3 Å². The van der Waals surface area contributed by atoms with Crippen molar-refractivity contribution in [3.8, 4) is 0 Å². The lowest BCUT2D eigenvalue weighted by Gasteiger charge is -2.23. The molecule has 1 aromatic rings. The van der Waals surface area contributed by atoms with Gasteiger partial charge in [0, 0.05) is 44.5 Å². The van der Waals surface area contributed by atoms with Gasteiger partial charge in [0.05, 0.1) is 11.9 Å². The Morgan fingerprint density at radius 1 is 1.32 bits per heavy atom. The van der Waals surface area contributed by atoms with Gasteiger partial charge in [-0.2, -0.15) is 4.31 Å². The molecule has 0 saturated heterocycles. The van der Waals surface area contributed by atoms with E-state index < -0.39 is 10.0 Å². The van der Waals surface area contributed by atoms with Crippen LogP contribution in [0.2, 0.25) is 0 Å². The van der Waals surface area contributed by atoms with Crippen LogP contribution in [0.15, 0.2) is 12.1 Å². The lowest BCUT2D eigenvalue weighted by molar-refractivity contribution is 0.205. The first-order valence-electron chi connectivity index (χ1n) is 7.71. The molecule has 22 heavy (non-hydrogen) atoms. The van der Waals surface area contributed by atoms with Gasteiger partial charge in [-0.25, -0.2) is 13.4 Å². The summed E-state index contributed by atoms with van der Waals surface area (Å²) >= 11 is 0. The molecule has 7 heteroatoms. The van der Waals surface area contributed by atoms with E-state index in [4.69, 9.17) is 4.74 Å². The number of aromatic nitrogens is 1. The van der Waals surface area contributed by atoms with Crippen molar-refractivity contribution in [2.24, 2.45) is 0 Å². The van der Waals surface area contributed by atoms with Gasteiger partial charge in [0.1, 0.15) is 5.82 Å². The molecule has 1 aromatic heterocycles. The molecule has 122 valence electrons. The minimum atomic E-state index is -3.16. The maximum absolute atomic E-state index is 12.6. The normalized spacial score (nSPS) is 19.8. The van der Waals surface area contributed by atoms with E-state index in [2.05, 4.69) is 9.88 Å². The highest BCUT2D eigenvalue weighted by molar-refractivity contribution is 7.90. The zero-order chi connectivity index (χ0) is 15.7. The zero-order valence-electron chi connectivity index (χ0n) is 13.2. The van der Waals surface area contributed by atoms with E-state index in [-0.39, 0.29) is 5.25 Å². The molecule has 3 rings (SSSR count). The average molecular weight is 325 g/mol. The Morgan fingerprint density at radius 2 is 2.09 bits per heavy atom.